The molecule has 1 unspecified atom stereocenters. The standard InChI is InChI=1S/C10H14BrNO/c1-8(7-12-2)13-10-5-3-9(11)4-6-10/h3-6,8,12H,7H2,1-2H3. The van der Waals surface area contributed by atoms with Crippen molar-refractivity contribution in [3.63, 3.8) is 0 Å². The summed E-state index contributed by atoms with van der Waals surface area (Å²) in [6.07, 6.45) is 0.200. The zero-order chi connectivity index (χ0) is 9.68. The van der Waals surface area contributed by atoms with Crippen molar-refractivity contribution in [2.75, 3.05) is 13.6 Å². The normalized spacial score (nSPS) is 12.5. The summed E-state index contributed by atoms with van der Waals surface area (Å²) in [5.74, 6) is 0.908. The highest BCUT2D eigenvalue weighted by atomic mass is 79.9. The van der Waals surface area contributed by atoms with Crippen LogP contribution in [0.2, 0.25) is 0 Å². The Bertz CT molecular complexity index is 248. The van der Waals surface area contributed by atoms with Crippen molar-refractivity contribution in [1.29, 1.82) is 0 Å². The number of halogens is 1. The lowest BCUT2D eigenvalue weighted by Gasteiger charge is -2.13. The van der Waals surface area contributed by atoms with E-state index in [0.717, 1.165) is 16.8 Å². The van der Waals surface area contributed by atoms with Crippen LogP contribution in [0.1, 0.15) is 6.92 Å². The molecule has 0 aliphatic heterocycles. The summed E-state index contributed by atoms with van der Waals surface area (Å²) in [5.41, 5.74) is 0. The van der Waals surface area contributed by atoms with Crippen molar-refractivity contribution in [1.82, 2.24) is 5.32 Å². The first kappa shape index (κ1) is 10.5. The van der Waals surface area contributed by atoms with Gasteiger partial charge in [-0.1, -0.05) is 15.9 Å². The molecule has 0 heterocycles. The molecule has 0 saturated carbocycles. The second-order valence-electron chi connectivity index (χ2n) is 2.94. The number of rotatable bonds is 4. The van der Waals surface area contributed by atoms with E-state index < -0.39 is 0 Å². The molecule has 2 nitrogen and oxygen atoms in total. The minimum Gasteiger partial charge on any atom is -0.489 e. The maximum atomic E-state index is 5.63. The van der Waals surface area contributed by atoms with Gasteiger partial charge in [0, 0.05) is 11.0 Å². The maximum Gasteiger partial charge on any atom is 0.119 e. The average Bonchev–Trinajstić information content (AvgIpc) is 2.09. The van der Waals surface area contributed by atoms with E-state index in [1.165, 1.54) is 0 Å². The molecule has 1 atom stereocenters. The molecular weight excluding hydrogens is 230 g/mol. The first-order valence-corrected chi connectivity index (χ1v) is 5.08. The highest BCUT2D eigenvalue weighted by molar-refractivity contribution is 9.10. The van der Waals surface area contributed by atoms with E-state index in [9.17, 15) is 0 Å². The van der Waals surface area contributed by atoms with Crippen LogP contribution in [-0.2, 0) is 0 Å². The van der Waals surface area contributed by atoms with Gasteiger partial charge in [0.1, 0.15) is 11.9 Å². The molecule has 1 N–H and O–H groups in total. The van der Waals surface area contributed by atoms with Gasteiger partial charge in [0.25, 0.3) is 0 Å². The second kappa shape index (κ2) is 5.25. The number of hydrogen-bond acceptors (Lipinski definition) is 2. The van der Waals surface area contributed by atoms with Crippen molar-refractivity contribution in [3.05, 3.63) is 28.7 Å². The molecule has 1 aromatic rings. The summed E-state index contributed by atoms with van der Waals surface area (Å²) in [6.45, 7) is 2.90. The highest BCUT2D eigenvalue weighted by Gasteiger charge is 2.01. The van der Waals surface area contributed by atoms with Gasteiger partial charge in [-0.25, -0.2) is 0 Å². The summed E-state index contributed by atoms with van der Waals surface area (Å²) in [6, 6.07) is 7.86. The minimum absolute atomic E-state index is 0.200. The first-order chi connectivity index (χ1) is 6.22. The van der Waals surface area contributed by atoms with Gasteiger partial charge in [0.15, 0.2) is 0 Å². The molecule has 0 aliphatic carbocycles. The predicted molar refractivity (Wildman–Crippen MR) is 58.2 cm³/mol. The highest BCUT2D eigenvalue weighted by Crippen LogP contribution is 2.16. The van der Waals surface area contributed by atoms with Gasteiger partial charge in [0.2, 0.25) is 0 Å². The summed E-state index contributed by atoms with van der Waals surface area (Å²) in [7, 11) is 1.92. The van der Waals surface area contributed by atoms with E-state index in [1.807, 2.05) is 38.2 Å². The van der Waals surface area contributed by atoms with Gasteiger partial charge in [-0.05, 0) is 38.2 Å². The molecule has 0 amide bonds. The van der Waals surface area contributed by atoms with Crippen LogP contribution in [0.15, 0.2) is 28.7 Å². The fraction of sp³-hybridized carbons (Fsp3) is 0.400. The van der Waals surface area contributed by atoms with Crippen molar-refractivity contribution in [2.24, 2.45) is 0 Å². The second-order valence-corrected chi connectivity index (χ2v) is 3.86. The lowest BCUT2D eigenvalue weighted by Crippen LogP contribution is -2.25. The lowest BCUT2D eigenvalue weighted by atomic mass is 10.3. The Hall–Kier alpha value is -0.540. The molecule has 3 heteroatoms. The summed E-state index contributed by atoms with van der Waals surface area (Å²) >= 11 is 3.37. The quantitative estimate of drug-likeness (QED) is 0.878. The van der Waals surface area contributed by atoms with E-state index in [2.05, 4.69) is 21.2 Å². The van der Waals surface area contributed by atoms with Crippen molar-refractivity contribution in [2.45, 2.75) is 13.0 Å². The molecule has 0 fully saturated rings. The molecule has 0 spiro atoms. The van der Waals surface area contributed by atoms with Gasteiger partial charge in [0.05, 0.1) is 0 Å². The molecule has 0 radical (unpaired) electrons. The Morgan fingerprint density at radius 2 is 2.00 bits per heavy atom. The summed E-state index contributed by atoms with van der Waals surface area (Å²) < 4.78 is 6.70. The number of nitrogens with one attached hydrogen (secondary N) is 1. The third kappa shape index (κ3) is 3.79. The lowest BCUT2D eigenvalue weighted by molar-refractivity contribution is 0.220. The average molecular weight is 244 g/mol. The van der Waals surface area contributed by atoms with Crippen LogP contribution < -0.4 is 10.1 Å². The van der Waals surface area contributed by atoms with Crippen LogP contribution in [-0.4, -0.2) is 19.7 Å². The van der Waals surface area contributed by atoms with Gasteiger partial charge >= 0.3 is 0 Å². The van der Waals surface area contributed by atoms with Crippen molar-refractivity contribution in [3.8, 4) is 5.75 Å². The van der Waals surface area contributed by atoms with Crippen LogP contribution in [0.3, 0.4) is 0 Å². The van der Waals surface area contributed by atoms with Crippen LogP contribution >= 0.6 is 15.9 Å². The smallest absolute Gasteiger partial charge is 0.119 e. The van der Waals surface area contributed by atoms with Crippen LogP contribution in [0.4, 0.5) is 0 Å². The van der Waals surface area contributed by atoms with Crippen LogP contribution in [0.5, 0.6) is 5.75 Å². The van der Waals surface area contributed by atoms with Gasteiger partial charge in [-0.3, -0.25) is 0 Å². The Morgan fingerprint density at radius 1 is 1.38 bits per heavy atom. The maximum absolute atomic E-state index is 5.63. The molecule has 0 aromatic heterocycles. The van der Waals surface area contributed by atoms with E-state index in [1.54, 1.807) is 0 Å². The van der Waals surface area contributed by atoms with E-state index in [4.69, 9.17) is 4.74 Å². The molecular formula is C10H14BrNO. The summed E-state index contributed by atoms with van der Waals surface area (Å²) in [5, 5.41) is 3.06. The largest absolute Gasteiger partial charge is 0.489 e. The molecule has 13 heavy (non-hydrogen) atoms. The minimum atomic E-state index is 0.200. The molecule has 0 aliphatic rings. The van der Waals surface area contributed by atoms with Crippen LogP contribution in [0, 0.1) is 0 Å². The first-order valence-electron chi connectivity index (χ1n) is 4.29. The Labute approximate surface area is 87.4 Å². The number of likely N-dealkylation sites (N-methyl/N-ethyl adjacent to an activating group) is 1. The monoisotopic (exact) mass is 243 g/mol. The topological polar surface area (TPSA) is 21.3 Å². The van der Waals surface area contributed by atoms with Crippen LogP contribution in [0.25, 0.3) is 0 Å². The molecule has 1 aromatic carbocycles. The number of hydrogen-bond donors (Lipinski definition) is 1. The van der Waals surface area contributed by atoms with Gasteiger partial charge in [-0.15, -0.1) is 0 Å². The van der Waals surface area contributed by atoms with E-state index >= 15 is 0 Å². The Kier molecular flexibility index (Phi) is 4.25. The van der Waals surface area contributed by atoms with Gasteiger partial charge < -0.3 is 10.1 Å². The fourth-order valence-electron chi connectivity index (χ4n) is 1.07. The molecule has 0 saturated heterocycles. The van der Waals surface area contributed by atoms with E-state index in [-0.39, 0.29) is 6.10 Å². The molecule has 72 valence electrons. The zero-order valence-corrected chi connectivity index (χ0v) is 9.47. The Morgan fingerprint density at radius 3 is 2.54 bits per heavy atom. The molecule has 0 bridgehead atoms. The summed E-state index contributed by atoms with van der Waals surface area (Å²) in [4.78, 5) is 0. The number of ether oxygens (including phenoxy) is 1. The SMILES string of the molecule is CNCC(C)Oc1ccc(Br)cc1. The molecule has 1 rings (SSSR count). The number of benzene rings is 1. The Balaban J connectivity index is 2.49. The predicted octanol–water partition coefficient (Wildman–Crippen LogP) is 2.44. The van der Waals surface area contributed by atoms with Gasteiger partial charge in [-0.2, -0.15) is 0 Å². The third-order valence-corrected chi connectivity index (χ3v) is 2.17. The fourth-order valence-corrected chi connectivity index (χ4v) is 1.34. The third-order valence-electron chi connectivity index (χ3n) is 1.64. The van der Waals surface area contributed by atoms with E-state index in [0.29, 0.717) is 0 Å². The zero-order valence-electron chi connectivity index (χ0n) is 7.88. The van der Waals surface area contributed by atoms with Crippen molar-refractivity contribution < 1.29 is 4.74 Å². The van der Waals surface area contributed by atoms with Crippen molar-refractivity contribution >= 4 is 15.9 Å².